The van der Waals surface area contributed by atoms with Crippen molar-refractivity contribution in [2.24, 2.45) is 11.3 Å². The predicted molar refractivity (Wildman–Crippen MR) is 68.7 cm³/mol. The molecule has 3 nitrogen and oxygen atoms in total. The fraction of sp³-hybridized carbons (Fsp3) is 0.857. The molecule has 1 fully saturated rings. The molecule has 0 N–H and O–H groups in total. The summed E-state index contributed by atoms with van der Waals surface area (Å²) in [4.78, 5) is 26.3. The van der Waals surface area contributed by atoms with Crippen LogP contribution in [0.2, 0.25) is 0 Å². The van der Waals surface area contributed by atoms with Gasteiger partial charge < -0.3 is 4.90 Å². The van der Waals surface area contributed by atoms with E-state index in [1.165, 1.54) is 0 Å². The van der Waals surface area contributed by atoms with Gasteiger partial charge in [-0.05, 0) is 19.3 Å². The fourth-order valence-corrected chi connectivity index (χ4v) is 2.30. The van der Waals surface area contributed by atoms with Crippen LogP contribution in [0.3, 0.4) is 0 Å². The first-order valence-electron chi connectivity index (χ1n) is 6.60. The monoisotopic (exact) mass is 239 g/mol. The second-order valence-electron chi connectivity index (χ2n) is 6.31. The number of amides is 1. The number of carbonyl (C=O) groups excluding carboxylic acids is 2. The molecule has 17 heavy (non-hydrogen) atoms. The zero-order valence-electron chi connectivity index (χ0n) is 11.7. The molecule has 1 aliphatic heterocycles. The maximum absolute atomic E-state index is 12.4. The average Bonchev–Trinajstić information content (AvgIpc) is 2.25. The lowest BCUT2D eigenvalue weighted by atomic mass is 9.82. The number of ketones is 1. The Bertz CT molecular complexity index is 302. The summed E-state index contributed by atoms with van der Waals surface area (Å²) in [6, 6.07) is -0.196. The minimum atomic E-state index is -0.364. The third-order valence-electron chi connectivity index (χ3n) is 3.32. The third kappa shape index (κ3) is 3.30. The molecule has 1 amide bonds. The van der Waals surface area contributed by atoms with Gasteiger partial charge in [0.2, 0.25) is 5.91 Å². The number of rotatable bonds is 2. The number of nitrogens with zero attached hydrogens (tertiary/aromatic N) is 1. The molecular formula is C14H25NO2. The van der Waals surface area contributed by atoms with Crippen molar-refractivity contribution in [3.63, 3.8) is 0 Å². The van der Waals surface area contributed by atoms with Gasteiger partial charge in [-0.25, -0.2) is 0 Å². The van der Waals surface area contributed by atoms with Crippen LogP contribution < -0.4 is 0 Å². The van der Waals surface area contributed by atoms with E-state index in [0.29, 0.717) is 0 Å². The van der Waals surface area contributed by atoms with Crippen LogP contribution in [0.4, 0.5) is 0 Å². The first-order valence-corrected chi connectivity index (χ1v) is 6.60. The van der Waals surface area contributed by atoms with Gasteiger partial charge in [0.15, 0.2) is 5.78 Å². The Hall–Kier alpha value is -0.860. The standard InChI is InChI=1S/C14H25NO2/c1-10(2)13(17)15-9-7-6-8-11(15)12(16)14(3,4)5/h10-11H,6-9H2,1-5H3. The highest BCUT2D eigenvalue weighted by atomic mass is 16.2. The number of likely N-dealkylation sites (tertiary alicyclic amines) is 1. The van der Waals surface area contributed by atoms with Gasteiger partial charge in [-0.1, -0.05) is 34.6 Å². The number of Topliss-reactive ketones (excluding diaryl/α,β-unsaturated/α-hetero) is 1. The Kier molecular flexibility index (Phi) is 4.34. The Morgan fingerprint density at radius 3 is 2.24 bits per heavy atom. The van der Waals surface area contributed by atoms with Gasteiger partial charge in [0.1, 0.15) is 0 Å². The number of carbonyl (C=O) groups is 2. The summed E-state index contributed by atoms with van der Waals surface area (Å²) in [5.41, 5.74) is -0.364. The normalized spacial score (nSPS) is 21.8. The molecule has 0 spiro atoms. The minimum absolute atomic E-state index is 0.0247. The zero-order valence-corrected chi connectivity index (χ0v) is 11.7. The minimum Gasteiger partial charge on any atom is -0.332 e. The lowest BCUT2D eigenvalue weighted by molar-refractivity contribution is -0.146. The topological polar surface area (TPSA) is 37.4 Å². The number of hydrogen-bond acceptors (Lipinski definition) is 2. The first kappa shape index (κ1) is 14.2. The van der Waals surface area contributed by atoms with Crippen molar-refractivity contribution < 1.29 is 9.59 Å². The summed E-state index contributed by atoms with van der Waals surface area (Å²) >= 11 is 0. The molecule has 1 saturated heterocycles. The van der Waals surface area contributed by atoms with Crippen molar-refractivity contribution >= 4 is 11.7 Å². The maximum Gasteiger partial charge on any atom is 0.225 e. The largest absolute Gasteiger partial charge is 0.332 e. The summed E-state index contributed by atoms with van der Waals surface area (Å²) in [5, 5.41) is 0. The highest BCUT2D eigenvalue weighted by Crippen LogP contribution is 2.27. The van der Waals surface area contributed by atoms with Gasteiger partial charge in [0, 0.05) is 17.9 Å². The van der Waals surface area contributed by atoms with E-state index in [2.05, 4.69) is 0 Å². The van der Waals surface area contributed by atoms with E-state index < -0.39 is 0 Å². The molecular weight excluding hydrogens is 214 g/mol. The summed E-state index contributed by atoms with van der Waals surface area (Å²) in [6.07, 6.45) is 2.90. The second-order valence-corrected chi connectivity index (χ2v) is 6.31. The van der Waals surface area contributed by atoms with E-state index in [0.717, 1.165) is 25.8 Å². The first-order chi connectivity index (χ1) is 7.75. The molecule has 0 radical (unpaired) electrons. The van der Waals surface area contributed by atoms with Gasteiger partial charge in [-0.15, -0.1) is 0 Å². The summed E-state index contributed by atoms with van der Waals surface area (Å²) in [5.74, 6) is 0.293. The molecule has 1 atom stereocenters. The summed E-state index contributed by atoms with van der Waals surface area (Å²) < 4.78 is 0. The van der Waals surface area contributed by atoms with Crippen LogP contribution in [-0.4, -0.2) is 29.2 Å². The maximum atomic E-state index is 12.4. The third-order valence-corrected chi connectivity index (χ3v) is 3.32. The molecule has 0 saturated carbocycles. The molecule has 98 valence electrons. The van der Waals surface area contributed by atoms with Crippen molar-refractivity contribution in [1.29, 1.82) is 0 Å². The van der Waals surface area contributed by atoms with Crippen LogP contribution in [-0.2, 0) is 9.59 Å². The van der Waals surface area contributed by atoms with Gasteiger partial charge in [0.05, 0.1) is 6.04 Å². The van der Waals surface area contributed by atoms with Gasteiger partial charge in [0.25, 0.3) is 0 Å². The Morgan fingerprint density at radius 2 is 1.76 bits per heavy atom. The Labute approximate surface area is 105 Å². The molecule has 0 aromatic carbocycles. The smallest absolute Gasteiger partial charge is 0.225 e. The Balaban J connectivity index is 2.87. The van der Waals surface area contributed by atoms with Crippen molar-refractivity contribution in [3.05, 3.63) is 0 Å². The molecule has 1 aliphatic rings. The molecule has 0 aliphatic carbocycles. The number of hydrogen-bond donors (Lipinski definition) is 0. The van der Waals surface area contributed by atoms with Crippen LogP contribution in [0, 0.1) is 11.3 Å². The van der Waals surface area contributed by atoms with E-state index in [9.17, 15) is 9.59 Å². The molecule has 0 aromatic heterocycles. The highest BCUT2D eigenvalue weighted by molar-refractivity contribution is 5.92. The molecule has 0 bridgehead atoms. The van der Waals surface area contributed by atoms with E-state index in [-0.39, 0.29) is 29.1 Å². The van der Waals surface area contributed by atoms with Crippen LogP contribution >= 0.6 is 0 Å². The summed E-state index contributed by atoms with van der Waals surface area (Å²) in [6.45, 7) is 10.3. The SMILES string of the molecule is CC(C)C(=O)N1CCCCC1C(=O)C(C)(C)C. The van der Waals surface area contributed by atoms with E-state index in [4.69, 9.17) is 0 Å². The molecule has 1 unspecified atom stereocenters. The van der Waals surface area contributed by atoms with Gasteiger partial charge in [-0.3, -0.25) is 9.59 Å². The van der Waals surface area contributed by atoms with Crippen molar-refractivity contribution in [1.82, 2.24) is 4.90 Å². The lowest BCUT2D eigenvalue weighted by Gasteiger charge is -2.38. The zero-order chi connectivity index (χ0) is 13.2. The van der Waals surface area contributed by atoms with Crippen molar-refractivity contribution in [3.8, 4) is 0 Å². The fourth-order valence-electron chi connectivity index (χ4n) is 2.30. The van der Waals surface area contributed by atoms with Crippen LogP contribution in [0.25, 0.3) is 0 Å². The van der Waals surface area contributed by atoms with E-state index >= 15 is 0 Å². The van der Waals surface area contributed by atoms with Crippen LogP contribution in [0.5, 0.6) is 0 Å². The molecule has 3 heteroatoms. The van der Waals surface area contributed by atoms with E-state index in [1.54, 1.807) is 0 Å². The quantitative estimate of drug-likeness (QED) is 0.743. The summed E-state index contributed by atoms with van der Waals surface area (Å²) in [7, 11) is 0. The van der Waals surface area contributed by atoms with E-state index in [1.807, 2.05) is 39.5 Å². The second kappa shape index (κ2) is 5.19. The number of piperidine rings is 1. The van der Waals surface area contributed by atoms with Crippen molar-refractivity contribution in [2.75, 3.05) is 6.54 Å². The predicted octanol–water partition coefficient (Wildman–Crippen LogP) is 2.64. The molecule has 0 aromatic rings. The van der Waals surface area contributed by atoms with Crippen LogP contribution in [0.1, 0.15) is 53.9 Å². The van der Waals surface area contributed by atoms with Crippen LogP contribution in [0.15, 0.2) is 0 Å². The molecule has 1 heterocycles. The lowest BCUT2D eigenvalue weighted by Crippen LogP contribution is -2.52. The average molecular weight is 239 g/mol. The van der Waals surface area contributed by atoms with Gasteiger partial charge in [-0.2, -0.15) is 0 Å². The highest BCUT2D eigenvalue weighted by Gasteiger charge is 2.37. The van der Waals surface area contributed by atoms with Crippen molar-refractivity contribution in [2.45, 2.75) is 59.9 Å². The van der Waals surface area contributed by atoms with Gasteiger partial charge >= 0.3 is 0 Å². The molecule has 1 rings (SSSR count). The Morgan fingerprint density at radius 1 is 1.18 bits per heavy atom.